The minimum absolute atomic E-state index is 0.0856. The summed E-state index contributed by atoms with van der Waals surface area (Å²) in [4.78, 5) is 0. The van der Waals surface area contributed by atoms with Crippen molar-refractivity contribution in [3.8, 4) is 16.9 Å². The lowest BCUT2D eigenvalue weighted by atomic mass is 9.88. The Balaban J connectivity index is 1.35. The molecule has 1 aliphatic heterocycles. The van der Waals surface area contributed by atoms with Crippen molar-refractivity contribution in [3.63, 3.8) is 0 Å². The van der Waals surface area contributed by atoms with E-state index in [4.69, 9.17) is 9.47 Å². The first kappa shape index (κ1) is 28.2. The van der Waals surface area contributed by atoms with Gasteiger partial charge in [0.05, 0.1) is 19.3 Å². The van der Waals surface area contributed by atoms with Crippen LogP contribution in [-0.4, -0.2) is 13.2 Å². The van der Waals surface area contributed by atoms with Crippen molar-refractivity contribution in [1.82, 2.24) is 0 Å². The molecule has 0 spiro atoms. The predicted octanol–water partition coefficient (Wildman–Crippen LogP) is 9.59. The van der Waals surface area contributed by atoms with Gasteiger partial charge in [-0.3, -0.25) is 0 Å². The van der Waals surface area contributed by atoms with E-state index in [1.807, 2.05) is 19.1 Å². The van der Waals surface area contributed by atoms with Gasteiger partial charge in [0.2, 0.25) is 5.82 Å². The third kappa shape index (κ3) is 6.58. The van der Waals surface area contributed by atoms with Crippen molar-refractivity contribution < 1.29 is 27.0 Å². The van der Waals surface area contributed by atoms with Crippen molar-refractivity contribution in [2.45, 2.75) is 77.2 Å². The van der Waals surface area contributed by atoms with Gasteiger partial charge in [-0.2, -0.15) is 4.39 Å². The number of unbranched alkanes of at least 4 members (excludes halogenated alkanes) is 5. The fourth-order valence-electron chi connectivity index (χ4n) is 5.05. The lowest BCUT2D eigenvalue weighted by Crippen LogP contribution is -2.21. The molecule has 3 aromatic rings. The monoisotopic (exact) mass is 528 g/mol. The standard InChI is InChI=1S/C32H36F4O2/c1-3-4-5-6-7-8-19-37-28-18-16-26(31(35)32(28)36)27-17-13-23(20-38-27)25-15-14-24(29(33)30(25)34)22-11-9-21(2)10-12-22/h9-12,14-16,18,23,27H,3-8,13,17,19-20H2,1-2H3. The highest BCUT2D eigenvalue weighted by Gasteiger charge is 2.30. The van der Waals surface area contributed by atoms with Crippen molar-refractivity contribution in [2.75, 3.05) is 13.2 Å². The van der Waals surface area contributed by atoms with Crippen LogP contribution in [0.15, 0.2) is 48.5 Å². The van der Waals surface area contributed by atoms with E-state index in [2.05, 4.69) is 6.92 Å². The molecule has 1 heterocycles. The van der Waals surface area contributed by atoms with Gasteiger partial charge in [-0.25, -0.2) is 13.2 Å². The molecule has 0 radical (unpaired) electrons. The fourth-order valence-corrected chi connectivity index (χ4v) is 5.05. The Morgan fingerprint density at radius 3 is 2.13 bits per heavy atom. The Morgan fingerprint density at radius 1 is 0.737 bits per heavy atom. The number of halogens is 4. The van der Waals surface area contributed by atoms with E-state index in [1.165, 1.54) is 31.4 Å². The fraction of sp³-hybridized carbons (Fsp3) is 0.438. The summed E-state index contributed by atoms with van der Waals surface area (Å²) >= 11 is 0. The molecule has 3 aromatic carbocycles. The molecular formula is C32H36F4O2. The smallest absolute Gasteiger partial charge is 0.200 e. The molecule has 1 fully saturated rings. The summed E-state index contributed by atoms with van der Waals surface area (Å²) in [6.45, 7) is 4.52. The van der Waals surface area contributed by atoms with Crippen LogP contribution >= 0.6 is 0 Å². The predicted molar refractivity (Wildman–Crippen MR) is 142 cm³/mol. The van der Waals surface area contributed by atoms with Gasteiger partial charge in [0, 0.05) is 17.0 Å². The molecule has 6 heteroatoms. The maximum Gasteiger partial charge on any atom is 0.200 e. The first-order valence-electron chi connectivity index (χ1n) is 13.7. The highest BCUT2D eigenvalue weighted by molar-refractivity contribution is 5.65. The van der Waals surface area contributed by atoms with Gasteiger partial charge >= 0.3 is 0 Å². The summed E-state index contributed by atoms with van der Waals surface area (Å²) in [6.07, 6.45) is 6.63. The van der Waals surface area contributed by atoms with Gasteiger partial charge in [-0.05, 0) is 49.4 Å². The Labute approximate surface area is 223 Å². The SMILES string of the molecule is CCCCCCCCOc1ccc(C2CCC(c3ccc(-c4ccc(C)cc4)c(F)c3F)CO2)c(F)c1F. The minimum atomic E-state index is -1.01. The summed E-state index contributed by atoms with van der Waals surface area (Å²) in [5, 5.41) is 0. The third-order valence-corrected chi connectivity index (χ3v) is 7.37. The summed E-state index contributed by atoms with van der Waals surface area (Å²) < 4.78 is 70.9. The molecule has 4 rings (SSSR count). The molecule has 0 amide bonds. The first-order chi connectivity index (χ1) is 18.4. The van der Waals surface area contributed by atoms with Crippen LogP contribution in [0, 0.1) is 30.2 Å². The van der Waals surface area contributed by atoms with Crippen LogP contribution in [0.25, 0.3) is 11.1 Å². The van der Waals surface area contributed by atoms with Gasteiger partial charge in [0.25, 0.3) is 0 Å². The van der Waals surface area contributed by atoms with Gasteiger partial charge < -0.3 is 9.47 Å². The van der Waals surface area contributed by atoms with Crippen LogP contribution in [0.4, 0.5) is 17.6 Å². The molecule has 1 saturated heterocycles. The van der Waals surface area contributed by atoms with Gasteiger partial charge in [0.1, 0.15) is 0 Å². The van der Waals surface area contributed by atoms with E-state index in [1.54, 1.807) is 24.3 Å². The van der Waals surface area contributed by atoms with Crippen molar-refractivity contribution in [1.29, 1.82) is 0 Å². The maximum absolute atomic E-state index is 15.0. The normalized spacial score (nSPS) is 17.5. The van der Waals surface area contributed by atoms with Gasteiger partial charge in [0.15, 0.2) is 23.2 Å². The molecule has 0 bridgehead atoms. The van der Waals surface area contributed by atoms with Crippen molar-refractivity contribution in [2.24, 2.45) is 0 Å². The topological polar surface area (TPSA) is 18.5 Å². The summed E-state index contributed by atoms with van der Waals surface area (Å²) in [7, 11) is 0. The average molecular weight is 529 g/mol. The summed E-state index contributed by atoms with van der Waals surface area (Å²) in [5.41, 5.74) is 2.20. The van der Waals surface area contributed by atoms with Crippen molar-refractivity contribution in [3.05, 3.63) is 88.5 Å². The average Bonchev–Trinajstić information content (AvgIpc) is 2.93. The molecule has 0 aromatic heterocycles. The van der Waals surface area contributed by atoms with Crippen LogP contribution in [0.1, 0.15) is 87.0 Å². The highest BCUT2D eigenvalue weighted by Crippen LogP contribution is 2.40. The Kier molecular flexibility index (Phi) is 9.84. The number of ether oxygens (including phenoxy) is 2. The van der Waals surface area contributed by atoms with E-state index < -0.39 is 29.4 Å². The molecule has 2 atom stereocenters. The molecule has 1 aliphatic rings. The van der Waals surface area contributed by atoms with E-state index >= 15 is 4.39 Å². The number of hydrogen-bond donors (Lipinski definition) is 0. The second-order valence-corrected chi connectivity index (χ2v) is 10.2. The summed E-state index contributed by atoms with van der Waals surface area (Å²) in [6, 6.07) is 13.4. The third-order valence-electron chi connectivity index (χ3n) is 7.37. The minimum Gasteiger partial charge on any atom is -0.490 e. The number of rotatable bonds is 11. The molecule has 0 aliphatic carbocycles. The molecule has 2 unspecified atom stereocenters. The first-order valence-corrected chi connectivity index (χ1v) is 13.7. The highest BCUT2D eigenvalue weighted by atomic mass is 19.2. The van der Waals surface area contributed by atoms with Crippen LogP contribution < -0.4 is 4.74 Å². The second kappa shape index (κ2) is 13.3. The summed E-state index contributed by atoms with van der Waals surface area (Å²) in [5.74, 6) is -4.25. The Bertz CT molecular complexity index is 1200. The zero-order valence-corrected chi connectivity index (χ0v) is 22.2. The zero-order chi connectivity index (χ0) is 27.1. The van der Waals surface area contributed by atoms with E-state index in [-0.39, 0.29) is 35.0 Å². The maximum atomic E-state index is 15.0. The van der Waals surface area contributed by atoms with Crippen LogP contribution in [0.5, 0.6) is 5.75 Å². The van der Waals surface area contributed by atoms with E-state index in [9.17, 15) is 13.2 Å². The number of hydrogen-bond acceptors (Lipinski definition) is 2. The molecule has 0 N–H and O–H groups in total. The van der Waals surface area contributed by atoms with Crippen LogP contribution in [-0.2, 0) is 4.74 Å². The molecule has 204 valence electrons. The van der Waals surface area contributed by atoms with Crippen molar-refractivity contribution >= 4 is 0 Å². The lowest BCUT2D eigenvalue weighted by molar-refractivity contribution is -0.000722. The lowest BCUT2D eigenvalue weighted by Gasteiger charge is -2.30. The second-order valence-electron chi connectivity index (χ2n) is 10.2. The van der Waals surface area contributed by atoms with E-state index in [0.717, 1.165) is 24.8 Å². The van der Waals surface area contributed by atoms with Crippen LogP contribution in [0.2, 0.25) is 0 Å². The van der Waals surface area contributed by atoms with Gasteiger partial charge in [-0.15, -0.1) is 0 Å². The molecule has 2 nitrogen and oxygen atoms in total. The quantitative estimate of drug-likeness (QED) is 0.182. The zero-order valence-electron chi connectivity index (χ0n) is 22.2. The molecular weight excluding hydrogens is 492 g/mol. The number of benzene rings is 3. The molecule has 38 heavy (non-hydrogen) atoms. The van der Waals surface area contributed by atoms with Crippen LogP contribution in [0.3, 0.4) is 0 Å². The molecule has 0 saturated carbocycles. The Hall–Kier alpha value is -2.86. The van der Waals surface area contributed by atoms with E-state index in [0.29, 0.717) is 25.0 Å². The Morgan fingerprint density at radius 2 is 1.42 bits per heavy atom. The largest absolute Gasteiger partial charge is 0.490 e. The van der Waals surface area contributed by atoms with Gasteiger partial charge in [-0.1, -0.05) is 81.0 Å². The number of aryl methyl sites for hydroxylation is 1.